The van der Waals surface area contributed by atoms with Crippen LogP contribution in [0.1, 0.15) is 6.92 Å². The highest BCUT2D eigenvalue weighted by molar-refractivity contribution is 7.91. The fourth-order valence-corrected chi connectivity index (χ4v) is 1.34. The summed E-state index contributed by atoms with van der Waals surface area (Å²) in [6.45, 7) is 1.52. The van der Waals surface area contributed by atoms with Crippen LogP contribution in [-0.2, 0) is 9.84 Å². The van der Waals surface area contributed by atoms with Crippen LogP contribution in [-0.4, -0.2) is 26.2 Å². The van der Waals surface area contributed by atoms with Crippen LogP contribution in [0.25, 0.3) is 0 Å². The minimum absolute atomic E-state index is 0.274. The van der Waals surface area contributed by atoms with Gasteiger partial charge < -0.3 is 5.73 Å². The minimum Gasteiger partial charge on any atom is -0.327 e. The molecule has 0 aliphatic rings. The molecule has 0 fully saturated rings. The van der Waals surface area contributed by atoms with Crippen molar-refractivity contribution in [2.75, 3.05) is 11.8 Å². The van der Waals surface area contributed by atoms with Gasteiger partial charge in [-0.05, 0) is 6.92 Å². The van der Waals surface area contributed by atoms with Gasteiger partial charge in [-0.2, -0.15) is 0 Å². The van der Waals surface area contributed by atoms with Crippen LogP contribution in [0.5, 0.6) is 0 Å². The topological polar surface area (TPSA) is 60.2 Å². The molecule has 3 nitrogen and oxygen atoms in total. The summed E-state index contributed by atoms with van der Waals surface area (Å²) in [5.74, 6) is -0.274. The van der Waals surface area contributed by atoms with Crippen LogP contribution in [0, 0.1) is 0 Å². The Kier molecular flexibility index (Phi) is 3.07. The first-order valence-electron chi connectivity index (χ1n) is 2.50. The van der Waals surface area contributed by atoms with Gasteiger partial charge in [-0.15, -0.1) is 0 Å². The van der Waals surface area contributed by atoms with Crippen molar-refractivity contribution in [3.63, 3.8) is 0 Å². The number of hydrogen-bond donors (Lipinski definition) is 1. The average molecular weight is 155 g/mol. The number of halogens is 1. The second-order valence-corrected chi connectivity index (χ2v) is 4.04. The first kappa shape index (κ1) is 8.84. The van der Waals surface area contributed by atoms with Gasteiger partial charge in [0.2, 0.25) is 0 Å². The number of alkyl halides is 1. The molecule has 0 aromatic heterocycles. The SMILES string of the molecule is CC(N)CS(=O)(=O)CF. The molecule has 0 saturated carbocycles. The molecule has 0 aromatic rings. The lowest BCUT2D eigenvalue weighted by atomic mass is 10.4. The smallest absolute Gasteiger partial charge is 0.190 e. The fourth-order valence-electron chi connectivity index (χ4n) is 0.445. The summed E-state index contributed by atoms with van der Waals surface area (Å²) < 4.78 is 32.2. The number of sulfone groups is 1. The van der Waals surface area contributed by atoms with E-state index in [4.69, 9.17) is 5.73 Å². The molecule has 0 spiro atoms. The molecular weight excluding hydrogens is 145 g/mol. The Hall–Kier alpha value is -0.160. The van der Waals surface area contributed by atoms with E-state index in [0.29, 0.717) is 0 Å². The monoisotopic (exact) mass is 155 g/mol. The molecule has 0 bridgehead atoms. The Morgan fingerprint density at radius 2 is 2.11 bits per heavy atom. The van der Waals surface area contributed by atoms with E-state index in [1.165, 1.54) is 6.92 Å². The van der Waals surface area contributed by atoms with E-state index in [-0.39, 0.29) is 5.75 Å². The Morgan fingerprint density at radius 3 is 2.22 bits per heavy atom. The zero-order valence-electron chi connectivity index (χ0n) is 5.17. The van der Waals surface area contributed by atoms with Crippen LogP contribution in [0.15, 0.2) is 0 Å². The molecule has 0 saturated heterocycles. The van der Waals surface area contributed by atoms with E-state index in [9.17, 15) is 12.8 Å². The van der Waals surface area contributed by atoms with E-state index in [1.807, 2.05) is 0 Å². The molecule has 0 heterocycles. The molecule has 0 aliphatic carbocycles. The van der Waals surface area contributed by atoms with E-state index in [2.05, 4.69) is 0 Å². The van der Waals surface area contributed by atoms with E-state index in [0.717, 1.165) is 0 Å². The first-order valence-corrected chi connectivity index (χ1v) is 4.32. The molecule has 1 unspecified atom stereocenters. The number of nitrogens with two attached hydrogens (primary N) is 1. The predicted molar refractivity (Wildman–Crippen MR) is 33.4 cm³/mol. The molecule has 0 amide bonds. The second-order valence-electron chi connectivity index (χ2n) is 2.00. The predicted octanol–water partition coefficient (Wildman–Crippen LogP) is -0.325. The molecule has 0 aromatic carbocycles. The van der Waals surface area contributed by atoms with Gasteiger partial charge >= 0.3 is 0 Å². The average Bonchev–Trinajstić information content (AvgIpc) is 1.63. The van der Waals surface area contributed by atoms with Gasteiger partial charge in [-0.1, -0.05) is 0 Å². The summed E-state index contributed by atoms with van der Waals surface area (Å²) >= 11 is 0. The van der Waals surface area contributed by atoms with Crippen LogP contribution in [0.4, 0.5) is 4.39 Å². The molecule has 0 aliphatic heterocycles. The van der Waals surface area contributed by atoms with Gasteiger partial charge in [0.05, 0.1) is 5.75 Å². The summed E-state index contributed by atoms with van der Waals surface area (Å²) in [4.78, 5) is 0. The summed E-state index contributed by atoms with van der Waals surface area (Å²) in [5.41, 5.74) is 5.11. The maximum atomic E-state index is 11.5. The maximum Gasteiger partial charge on any atom is 0.190 e. The lowest BCUT2D eigenvalue weighted by Crippen LogP contribution is -2.26. The normalized spacial score (nSPS) is 15.4. The van der Waals surface area contributed by atoms with Gasteiger partial charge in [0, 0.05) is 6.04 Å². The van der Waals surface area contributed by atoms with E-state index in [1.54, 1.807) is 0 Å². The highest BCUT2D eigenvalue weighted by atomic mass is 32.2. The lowest BCUT2D eigenvalue weighted by Gasteiger charge is -2.01. The van der Waals surface area contributed by atoms with Crippen LogP contribution >= 0.6 is 0 Å². The third kappa shape index (κ3) is 4.35. The maximum absolute atomic E-state index is 11.5. The van der Waals surface area contributed by atoms with Crippen molar-refractivity contribution in [1.82, 2.24) is 0 Å². The minimum atomic E-state index is -3.51. The van der Waals surface area contributed by atoms with Gasteiger partial charge in [0.1, 0.15) is 0 Å². The van der Waals surface area contributed by atoms with Gasteiger partial charge in [0.15, 0.2) is 15.8 Å². The van der Waals surface area contributed by atoms with Crippen LogP contribution in [0.3, 0.4) is 0 Å². The van der Waals surface area contributed by atoms with Crippen molar-refractivity contribution in [2.24, 2.45) is 5.73 Å². The highest BCUT2D eigenvalue weighted by Gasteiger charge is 2.11. The summed E-state index contributed by atoms with van der Waals surface area (Å²) in [7, 11) is -3.51. The van der Waals surface area contributed by atoms with Crippen molar-refractivity contribution in [3.05, 3.63) is 0 Å². The van der Waals surface area contributed by atoms with Crippen molar-refractivity contribution in [1.29, 1.82) is 0 Å². The summed E-state index contributed by atoms with van der Waals surface area (Å²) in [6, 6.07) is -1.79. The third-order valence-corrected chi connectivity index (χ3v) is 2.05. The van der Waals surface area contributed by atoms with Gasteiger partial charge in [0.25, 0.3) is 0 Å². The molecule has 56 valence electrons. The Labute approximate surface area is 54.0 Å². The number of hydrogen-bond acceptors (Lipinski definition) is 3. The van der Waals surface area contributed by atoms with Crippen molar-refractivity contribution in [2.45, 2.75) is 13.0 Å². The largest absolute Gasteiger partial charge is 0.327 e. The highest BCUT2D eigenvalue weighted by Crippen LogP contribution is 1.92. The molecular formula is C4H10FNO2S. The van der Waals surface area contributed by atoms with Gasteiger partial charge in [-0.3, -0.25) is 0 Å². The van der Waals surface area contributed by atoms with Crippen LogP contribution in [0.2, 0.25) is 0 Å². The lowest BCUT2D eigenvalue weighted by molar-refractivity contribution is 0.531. The summed E-state index contributed by atoms with van der Waals surface area (Å²) in [6.07, 6.45) is 0. The van der Waals surface area contributed by atoms with E-state index < -0.39 is 21.9 Å². The third-order valence-electron chi connectivity index (χ3n) is 0.683. The van der Waals surface area contributed by atoms with E-state index >= 15 is 0 Å². The summed E-state index contributed by atoms with van der Waals surface area (Å²) in [5, 5.41) is 0. The zero-order chi connectivity index (χ0) is 7.49. The molecule has 2 N–H and O–H groups in total. The quantitative estimate of drug-likeness (QED) is 0.607. The fraction of sp³-hybridized carbons (Fsp3) is 1.00. The molecule has 9 heavy (non-hydrogen) atoms. The molecule has 1 atom stereocenters. The Morgan fingerprint density at radius 1 is 1.67 bits per heavy atom. The second kappa shape index (κ2) is 3.12. The van der Waals surface area contributed by atoms with Crippen molar-refractivity contribution < 1.29 is 12.8 Å². The first-order chi connectivity index (χ1) is 3.98. The molecule has 0 rings (SSSR count). The molecule has 5 heteroatoms. The van der Waals surface area contributed by atoms with Crippen LogP contribution < -0.4 is 5.73 Å². The Bertz CT molecular complexity index is 163. The zero-order valence-corrected chi connectivity index (χ0v) is 5.99. The molecule has 0 radical (unpaired) electrons. The van der Waals surface area contributed by atoms with Crippen molar-refractivity contribution in [3.8, 4) is 0 Å². The van der Waals surface area contributed by atoms with Gasteiger partial charge in [-0.25, -0.2) is 12.8 Å². The van der Waals surface area contributed by atoms with Crippen molar-refractivity contribution >= 4 is 9.84 Å². The Balaban J connectivity index is 3.90. The standard InChI is InChI=1S/C4H10FNO2S/c1-4(6)2-9(7,8)3-5/h4H,2-3,6H2,1H3. The number of rotatable bonds is 3.